The summed E-state index contributed by atoms with van der Waals surface area (Å²) in [5, 5.41) is 19.7. The molecule has 4 fully saturated rings. The first-order chi connectivity index (χ1) is 60.3. The molecule has 4 unspecified atom stereocenters. The van der Waals surface area contributed by atoms with Gasteiger partial charge in [0.2, 0.25) is 29.7 Å². The van der Waals surface area contributed by atoms with Crippen molar-refractivity contribution in [1.82, 2.24) is 46.9 Å². The van der Waals surface area contributed by atoms with E-state index < -0.39 is 30.3 Å². The first kappa shape index (κ1) is 98.0. The summed E-state index contributed by atoms with van der Waals surface area (Å²) >= 11 is 0. The van der Waals surface area contributed by atoms with Crippen LogP contribution in [0.5, 0.6) is 0 Å². The summed E-state index contributed by atoms with van der Waals surface area (Å²) in [6.45, 7) is 7.15. The first-order valence-corrected chi connectivity index (χ1v) is 45.0. The molecule has 7 N–H and O–H groups in total. The van der Waals surface area contributed by atoms with Crippen LogP contribution in [0.25, 0.3) is 0 Å². The minimum absolute atomic E-state index is 0.00145. The molecule has 1 heterocycles. The van der Waals surface area contributed by atoms with E-state index in [2.05, 4.69) is 84.6 Å². The minimum Gasteiger partial charge on any atom is -0.469 e. The summed E-state index contributed by atoms with van der Waals surface area (Å²) in [5.41, 5.74) is 0. The third-order valence-electron chi connectivity index (χ3n) is 23.7. The zero-order chi connectivity index (χ0) is 86.5. The Morgan fingerprint density at radius 1 is 0.309 bits per heavy atom. The number of fused-ring (bicyclic) bond motifs is 4. The average Bonchev–Trinajstić information content (AvgIpc) is 1.65. The molecule has 123 heavy (non-hydrogen) atoms. The number of alkyl carbamates (subject to hydrolysis) is 4. The summed E-state index contributed by atoms with van der Waals surface area (Å²) in [4.78, 5) is 131. The third-order valence-corrected chi connectivity index (χ3v) is 23.7. The summed E-state index contributed by atoms with van der Waals surface area (Å²) in [6.07, 6.45) is 15.7. The van der Waals surface area contributed by atoms with Gasteiger partial charge < -0.3 is 109 Å². The normalized spacial score (nSPS) is 22.1. The fourth-order valence-electron chi connectivity index (χ4n) is 16.5. The summed E-state index contributed by atoms with van der Waals surface area (Å²) in [7, 11) is 1.30. The Morgan fingerprint density at radius 3 is 0.870 bits per heavy atom. The molecule has 12 atom stereocenters. The van der Waals surface area contributed by atoms with E-state index in [9.17, 15) is 43.2 Å². The number of hydrogen-bond donors (Lipinski definition) is 7. The van der Waals surface area contributed by atoms with Crippen molar-refractivity contribution in [3.63, 3.8) is 0 Å². The molecule has 0 radical (unpaired) electrons. The van der Waals surface area contributed by atoms with Gasteiger partial charge >= 0.3 is 30.3 Å². The minimum atomic E-state index is -0.505. The molecule has 8 aliphatic carbocycles. The van der Waals surface area contributed by atoms with Crippen LogP contribution in [0.3, 0.4) is 0 Å². The molecular formula is C89H134N12O22. The summed E-state index contributed by atoms with van der Waals surface area (Å²) in [6, 6.07) is 0. The number of carbonyl (C=O) groups is 9. The quantitative estimate of drug-likeness (QED) is 0.0153. The highest BCUT2D eigenvalue weighted by atomic mass is 16.6. The molecule has 6 amide bonds. The smallest absolute Gasteiger partial charge is 0.407 e. The van der Waals surface area contributed by atoms with Crippen LogP contribution in [0.2, 0.25) is 0 Å². The molecule has 9 rings (SSSR count). The van der Waals surface area contributed by atoms with Crippen molar-refractivity contribution in [2.75, 3.05) is 226 Å². The van der Waals surface area contributed by atoms with Crippen LogP contribution < -0.4 is 47.0 Å². The number of Topliss-reactive ketones (excluding diaryl/α,β-unsaturated/α-hetero) is 2. The van der Waals surface area contributed by atoms with Crippen LogP contribution in [0, 0.1) is 118 Å². The maximum atomic E-state index is 12.8. The number of nitrogens with one attached hydrogen (secondary N) is 7. The number of hydrogen-bond acceptors (Lipinski definition) is 28. The molecule has 682 valence electrons. The van der Waals surface area contributed by atoms with Gasteiger partial charge in [0.05, 0.1) is 146 Å². The van der Waals surface area contributed by atoms with Gasteiger partial charge in [-0.25, -0.2) is 19.2 Å². The predicted molar refractivity (Wildman–Crippen MR) is 453 cm³/mol. The molecule has 0 aliphatic heterocycles. The van der Waals surface area contributed by atoms with Gasteiger partial charge in [0.25, 0.3) is 0 Å². The highest BCUT2D eigenvalue weighted by molar-refractivity contribution is 5.79. The molecule has 34 heteroatoms. The Bertz CT molecular complexity index is 3200. The Labute approximate surface area is 725 Å². The lowest BCUT2D eigenvalue weighted by Crippen LogP contribution is -2.36. The number of ketones is 2. The summed E-state index contributed by atoms with van der Waals surface area (Å²) < 4.78 is 74.4. The lowest BCUT2D eigenvalue weighted by atomic mass is 10.1. The van der Waals surface area contributed by atoms with Crippen molar-refractivity contribution in [2.24, 2.45) is 71.0 Å². The predicted octanol–water partition coefficient (Wildman–Crippen LogP) is 6.75. The van der Waals surface area contributed by atoms with E-state index in [4.69, 9.17) is 76.5 Å². The molecule has 0 saturated heterocycles. The van der Waals surface area contributed by atoms with E-state index in [1.165, 1.54) is 7.11 Å². The Kier molecular flexibility index (Phi) is 46.5. The summed E-state index contributed by atoms with van der Waals surface area (Å²) in [5.74, 6) is 31.4. The van der Waals surface area contributed by atoms with Crippen molar-refractivity contribution in [1.29, 1.82) is 0 Å². The van der Waals surface area contributed by atoms with Crippen molar-refractivity contribution in [2.45, 2.75) is 161 Å². The number of aromatic nitrogens is 3. The van der Waals surface area contributed by atoms with E-state index in [1.54, 1.807) is 0 Å². The third kappa shape index (κ3) is 39.9. The number of ether oxygens (including phenoxy) is 13. The van der Waals surface area contributed by atoms with Gasteiger partial charge in [0, 0.05) is 162 Å². The lowest BCUT2D eigenvalue weighted by molar-refractivity contribution is -0.140. The largest absolute Gasteiger partial charge is 0.469 e. The second-order valence-electron chi connectivity index (χ2n) is 32.2. The van der Waals surface area contributed by atoms with Crippen LogP contribution in [0.1, 0.15) is 161 Å². The Hall–Kier alpha value is -8.84. The second-order valence-corrected chi connectivity index (χ2v) is 32.2. The molecular weight excluding hydrogens is 1590 g/mol. The van der Waals surface area contributed by atoms with E-state index >= 15 is 0 Å². The molecule has 1 aromatic heterocycles. The van der Waals surface area contributed by atoms with E-state index in [1.807, 2.05) is 9.80 Å². The number of carbonyl (C=O) groups excluding carboxylic acids is 9. The second kappa shape index (κ2) is 58.4. The van der Waals surface area contributed by atoms with Crippen LogP contribution in [0.4, 0.5) is 37.0 Å². The maximum absolute atomic E-state index is 12.8. The van der Waals surface area contributed by atoms with Crippen molar-refractivity contribution >= 4 is 71.6 Å². The van der Waals surface area contributed by atoms with E-state index in [0.717, 1.165) is 103 Å². The van der Waals surface area contributed by atoms with Gasteiger partial charge in [0.1, 0.15) is 11.6 Å². The molecule has 0 aromatic carbocycles. The van der Waals surface area contributed by atoms with Crippen molar-refractivity contribution in [3.8, 4) is 47.4 Å². The van der Waals surface area contributed by atoms with E-state index in [0.29, 0.717) is 123 Å². The van der Waals surface area contributed by atoms with E-state index in [-0.39, 0.29) is 251 Å². The van der Waals surface area contributed by atoms with Crippen LogP contribution in [-0.4, -0.2) is 280 Å². The highest BCUT2D eigenvalue weighted by Crippen LogP contribution is 2.55. The topological polar surface area (TPSA) is 403 Å². The molecule has 1 aromatic rings. The Morgan fingerprint density at radius 2 is 0.577 bits per heavy atom. The number of nitrogens with zero attached hydrogens (tertiary/aromatic N) is 5. The zero-order valence-corrected chi connectivity index (χ0v) is 72.2. The zero-order valence-electron chi connectivity index (χ0n) is 72.2. The van der Waals surface area contributed by atoms with Gasteiger partial charge in [-0.2, -0.15) is 15.0 Å². The number of amides is 6. The molecule has 4 saturated carbocycles. The molecule has 0 spiro atoms. The maximum Gasteiger partial charge on any atom is 0.407 e. The van der Waals surface area contributed by atoms with Crippen LogP contribution in [0.15, 0.2) is 0 Å². The fourth-order valence-corrected chi connectivity index (χ4v) is 16.5. The van der Waals surface area contributed by atoms with Gasteiger partial charge in [-0.1, -0.05) is 0 Å². The molecule has 8 aliphatic rings. The monoisotopic (exact) mass is 1720 g/mol. The van der Waals surface area contributed by atoms with Crippen molar-refractivity contribution < 1.29 is 105 Å². The Balaban J connectivity index is 0.726. The number of rotatable bonds is 64. The fraction of sp³-hybridized carbons (Fsp3) is 0.775. The molecule has 0 bridgehead atoms. The van der Waals surface area contributed by atoms with Gasteiger partial charge in [-0.15, -0.1) is 47.4 Å². The van der Waals surface area contributed by atoms with Gasteiger partial charge in [-0.05, 0) is 135 Å². The van der Waals surface area contributed by atoms with Gasteiger partial charge in [0.15, 0.2) is 0 Å². The van der Waals surface area contributed by atoms with Crippen LogP contribution in [-0.2, 0) is 85.6 Å². The standard InChI is InChI=1S/C89H134N12O22/c1-111-82(106)30-37-92-83-97-84(100(42-50-116-58-54-112-46-31-66(102)20-18-35-93-86(107)120-62-76-68-22-10-2-3-11-23-69(68)76)44-52-118-60-56-114-48-33-80(104)90-38-40-95-88(109)122-64-78-72-26-14-6-7-15-27-73(72)78)99-85(98-83)101(43-51-117-59-55-113-47-32-67(103)21-19-36-94-87(108)121-63-77-70-24-12-4-5-13-25-71(70)77)45-53-119-61-57-115-49-34-81(105)91-39-41-96-89(110)123-65-79-74-28-16-8-9-17-29-75(74)79/h68-79H,10-65H2,1H3,(H,90,104)(H,91,105)(H,93,107)(H,94,108)(H,95,109)(H,96,110)(H,92,97,98,99)/t68-,69+,70-,71+,72-,73+,74-,75+,76?,77?,78?,79?. The number of anilines is 3. The highest BCUT2D eigenvalue weighted by Gasteiger charge is 2.52. The molecule has 34 nitrogen and oxygen atoms in total. The van der Waals surface area contributed by atoms with Gasteiger partial charge in [-0.3, -0.25) is 24.0 Å². The number of esters is 1. The van der Waals surface area contributed by atoms with Crippen LogP contribution >= 0.6 is 0 Å². The first-order valence-electron chi connectivity index (χ1n) is 45.0. The average molecular weight is 1720 g/mol. The SMILES string of the molecule is COC(=O)CCNc1nc(N(CCOCCOCCC(=O)CCCNC(=O)OCC2[C@H]3CCC#CCC[C@@H]23)CCOCCOCCC(=O)NCCNC(=O)OCC2[C@H]3CCC#CCC[C@@H]23)nc(N(CCOCCOCCC(=O)CCCNC(=O)OCC2[C@H]3CCC#CCC[C@@H]23)CCOCCOCCC(=O)NCCNC(=O)OCC2[C@H]3CCC#CCC[C@@H]23)n1. The van der Waals surface area contributed by atoms with Crippen molar-refractivity contribution in [3.05, 3.63) is 0 Å². The lowest BCUT2D eigenvalue weighted by Gasteiger charge is -2.27. The number of methoxy groups -OCH3 is 1.